The number of hydrogen-bond donors (Lipinski definition) is 1. The largest absolute Gasteiger partial charge is 0.444 e. The van der Waals surface area contributed by atoms with E-state index in [0.717, 1.165) is 5.56 Å². The summed E-state index contributed by atoms with van der Waals surface area (Å²) in [4.78, 5) is 30.6. The van der Waals surface area contributed by atoms with E-state index in [1.807, 2.05) is 12.1 Å². The Kier molecular flexibility index (Phi) is 9.32. The topological polar surface area (TPSA) is 91.7 Å². The van der Waals surface area contributed by atoms with Gasteiger partial charge in [-0.1, -0.05) is 44.5 Å². The fraction of sp³-hybridized carbons (Fsp3) is 0.560. The number of benzene rings is 1. The first-order valence-electron chi connectivity index (χ1n) is 11.6. The summed E-state index contributed by atoms with van der Waals surface area (Å²) in [5, 5.41) is 7.96. The Balaban J connectivity index is 2.35. The molecular weight excluding hydrogens is 486 g/mol. The minimum atomic E-state index is -2.18. The number of carbonyl (C=O) groups excluding carboxylic acids is 2. The van der Waals surface area contributed by atoms with Crippen LogP contribution in [0, 0.1) is 0 Å². The highest BCUT2D eigenvalue weighted by atomic mass is 35.5. The molecule has 0 aliphatic heterocycles. The highest BCUT2D eigenvalue weighted by molar-refractivity contribution is 6.73. The second kappa shape index (κ2) is 11.2. The quantitative estimate of drug-likeness (QED) is 0.176. The first-order valence-corrected chi connectivity index (χ1v) is 14.9. The van der Waals surface area contributed by atoms with E-state index in [9.17, 15) is 9.59 Å². The van der Waals surface area contributed by atoms with E-state index in [4.69, 9.17) is 25.8 Å². The Morgan fingerprint density at radius 3 is 2.34 bits per heavy atom. The number of Topliss-reactive ketones (excluding diaryl/α,β-unsaturated/α-hetero) is 1. The van der Waals surface area contributed by atoms with Gasteiger partial charge in [-0.25, -0.2) is 9.68 Å². The van der Waals surface area contributed by atoms with Crippen molar-refractivity contribution in [3.8, 4) is 11.3 Å². The van der Waals surface area contributed by atoms with E-state index >= 15 is 0 Å². The van der Waals surface area contributed by atoms with Crippen LogP contribution in [0.25, 0.3) is 11.3 Å². The summed E-state index contributed by atoms with van der Waals surface area (Å²) in [5.41, 5.74) is 1.10. The van der Waals surface area contributed by atoms with Crippen molar-refractivity contribution >= 4 is 31.8 Å². The predicted octanol–water partition coefficient (Wildman–Crippen LogP) is 6.43. The predicted molar refractivity (Wildman–Crippen MR) is 140 cm³/mol. The zero-order valence-electron chi connectivity index (χ0n) is 22.2. The van der Waals surface area contributed by atoms with Gasteiger partial charge in [0, 0.05) is 24.1 Å². The van der Waals surface area contributed by atoms with E-state index in [1.165, 1.54) is 6.92 Å². The van der Waals surface area contributed by atoms with E-state index in [-0.39, 0.29) is 24.0 Å². The summed E-state index contributed by atoms with van der Waals surface area (Å²) in [6, 6.07) is 8.42. The molecule has 0 aliphatic carbocycles. The first-order chi connectivity index (χ1) is 16.0. The lowest BCUT2D eigenvalue weighted by atomic mass is 10.1. The van der Waals surface area contributed by atoms with Gasteiger partial charge in [-0.2, -0.15) is 5.10 Å². The number of carbonyl (C=O) groups is 2. The van der Waals surface area contributed by atoms with Crippen molar-refractivity contribution in [2.24, 2.45) is 0 Å². The molecule has 0 bridgehead atoms. The number of hydrogen-bond acceptors (Lipinski definition) is 6. The van der Waals surface area contributed by atoms with Crippen LogP contribution in [-0.4, -0.2) is 48.7 Å². The van der Waals surface area contributed by atoms with Gasteiger partial charge in [0.1, 0.15) is 17.9 Å². The molecule has 0 fully saturated rings. The summed E-state index contributed by atoms with van der Waals surface area (Å²) in [6.45, 7) is 17.5. The lowest BCUT2D eigenvalue weighted by molar-refractivity contribution is -0.228. The van der Waals surface area contributed by atoms with Gasteiger partial charge in [0.05, 0.1) is 11.7 Å². The third-order valence-electron chi connectivity index (χ3n) is 5.78. The lowest BCUT2D eigenvalue weighted by Crippen LogP contribution is -2.42. The van der Waals surface area contributed by atoms with Gasteiger partial charge in [-0.05, 0) is 57.1 Å². The van der Waals surface area contributed by atoms with Crippen LogP contribution in [0.5, 0.6) is 0 Å². The van der Waals surface area contributed by atoms with Crippen molar-refractivity contribution in [1.82, 2.24) is 15.1 Å². The first kappa shape index (κ1) is 29.0. The number of rotatable bonds is 9. The second-order valence-corrected chi connectivity index (χ2v) is 16.2. The third-order valence-corrected chi connectivity index (χ3v) is 10.2. The number of aromatic nitrogens is 2. The molecule has 2 aromatic rings. The summed E-state index contributed by atoms with van der Waals surface area (Å²) in [6.07, 6.45) is -0.570. The summed E-state index contributed by atoms with van der Waals surface area (Å²) < 4.78 is 12.8. The molecule has 0 aliphatic rings. The highest BCUT2D eigenvalue weighted by Gasteiger charge is 2.39. The molecule has 1 atom stereocenters. The van der Waals surface area contributed by atoms with Gasteiger partial charge in [0.25, 0.3) is 0 Å². The normalized spacial score (nSPS) is 13.4. The molecule has 0 spiro atoms. The van der Waals surface area contributed by atoms with Crippen molar-refractivity contribution in [2.75, 3.05) is 13.2 Å². The van der Waals surface area contributed by atoms with Gasteiger partial charge < -0.3 is 10.1 Å². The standard InChI is InChI=1S/C25H38ClN3O5Si/c1-17(30)22-14-21(18-11-10-12-19(26)13-18)28-29(22)20(15-27-23(31)33-24(2,3)4)16-32-34-35(8,9)25(5,6)7/h10-14,20H,15-16H2,1-9H3,(H,27,31). The molecule has 1 unspecified atom stereocenters. The van der Waals surface area contributed by atoms with E-state index in [0.29, 0.717) is 16.4 Å². The molecule has 1 aromatic carbocycles. The number of amides is 1. The number of alkyl carbamates (subject to hydrolysis) is 1. The van der Waals surface area contributed by atoms with Crippen LogP contribution in [0.15, 0.2) is 30.3 Å². The number of nitrogens with one attached hydrogen (secondary N) is 1. The summed E-state index contributed by atoms with van der Waals surface area (Å²) in [5.74, 6) is -0.168. The van der Waals surface area contributed by atoms with Crippen LogP contribution in [0.2, 0.25) is 23.2 Å². The van der Waals surface area contributed by atoms with Crippen molar-refractivity contribution in [2.45, 2.75) is 78.2 Å². The zero-order chi connectivity index (χ0) is 26.6. The van der Waals surface area contributed by atoms with Crippen LogP contribution in [0.3, 0.4) is 0 Å². The Morgan fingerprint density at radius 1 is 1.14 bits per heavy atom. The number of ketones is 1. The van der Waals surface area contributed by atoms with Crippen LogP contribution in [-0.2, 0) is 14.2 Å². The molecule has 0 radical (unpaired) electrons. The highest BCUT2D eigenvalue weighted by Crippen LogP contribution is 2.36. The van der Waals surface area contributed by atoms with Gasteiger partial charge >= 0.3 is 6.09 Å². The molecule has 0 saturated carbocycles. The summed E-state index contributed by atoms with van der Waals surface area (Å²) >= 11 is 6.16. The average molecular weight is 524 g/mol. The molecule has 1 amide bonds. The Labute approximate surface area is 214 Å². The van der Waals surface area contributed by atoms with Gasteiger partial charge in [-0.15, -0.1) is 0 Å². The smallest absolute Gasteiger partial charge is 0.407 e. The van der Waals surface area contributed by atoms with E-state index < -0.39 is 26.1 Å². The Bertz CT molecular complexity index is 1040. The average Bonchev–Trinajstić information content (AvgIpc) is 3.14. The van der Waals surface area contributed by atoms with Gasteiger partial charge in [-0.3, -0.25) is 14.1 Å². The van der Waals surface area contributed by atoms with Crippen molar-refractivity contribution in [1.29, 1.82) is 0 Å². The molecular formula is C25H38ClN3O5Si. The molecule has 0 saturated heterocycles. The molecule has 194 valence electrons. The van der Waals surface area contributed by atoms with Crippen molar-refractivity contribution in [3.05, 3.63) is 41.0 Å². The second-order valence-electron chi connectivity index (χ2n) is 11.1. The number of halogens is 1. The minimum Gasteiger partial charge on any atom is -0.444 e. The van der Waals surface area contributed by atoms with E-state index in [2.05, 4.69) is 44.3 Å². The van der Waals surface area contributed by atoms with Crippen LogP contribution in [0.4, 0.5) is 4.79 Å². The fourth-order valence-corrected chi connectivity index (χ4v) is 3.64. The number of ether oxygens (including phenoxy) is 1. The Hall–Kier alpha value is -2.20. The maximum Gasteiger partial charge on any atom is 0.407 e. The minimum absolute atomic E-state index is 0.0484. The number of nitrogens with zero attached hydrogens (tertiary/aromatic N) is 2. The van der Waals surface area contributed by atoms with Crippen molar-refractivity contribution in [3.63, 3.8) is 0 Å². The van der Waals surface area contributed by atoms with Crippen LogP contribution < -0.4 is 5.32 Å². The fourth-order valence-electron chi connectivity index (χ4n) is 2.84. The van der Waals surface area contributed by atoms with Gasteiger partial charge in [0.15, 0.2) is 5.78 Å². The van der Waals surface area contributed by atoms with Crippen LogP contribution >= 0.6 is 11.6 Å². The molecule has 10 heteroatoms. The maximum atomic E-state index is 12.5. The zero-order valence-corrected chi connectivity index (χ0v) is 23.9. The molecule has 1 N–H and O–H groups in total. The molecule has 35 heavy (non-hydrogen) atoms. The monoisotopic (exact) mass is 523 g/mol. The van der Waals surface area contributed by atoms with Gasteiger partial charge in [0.2, 0.25) is 8.32 Å². The Morgan fingerprint density at radius 2 is 1.80 bits per heavy atom. The maximum absolute atomic E-state index is 12.5. The molecule has 2 rings (SSSR count). The van der Waals surface area contributed by atoms with Crippen molar-refractivity contribution < 1.29 is 23.8 Å². The van der Waals surface area contributed by atoms with Crippen LogP contribution in [0.1, 0.15) is 65.0 Å². The molecule has 1 heterocycles. The third kappa shape index (κ3) is 8.45. The summed E-state index contributed by atoms with van der Waals surface area (Å²) in [7, 11) is -2.18. The molecule has 1 aromatic heterocycles. The molecule has 8 nitrogen and oxygen atoms in total. The van der Waals surface area contributed by atoms with E-state index in [1.54, 1.807) is 43.7 Å². The lowest BCUT2D eigenvalue weighted by Gasteiger charge is -2.34. The SMILES string of the molecule is CC(=O)c1cc(-c2cccc(Cl)c2)nn1C(CNC(=O)OC(C)(C)C)COO[Si](C)(C)C(C)(C)C.